The van der Waals surface area contributed by atoms with E-state index in [0.717, 1.165) is 17.4 Å². The largest absolute Gasteiger partial charge is 0.391 e. The molecule has 19 heavy (non-hydrogen) atoms. The maximum atomic E-state index is 10.2. The lowest BCUT2D eigenvalue weighted by molar-refractivity contribution is 0.167. The van der Waals surface area contributed by atoms with Gasteiger partial charge in [-0.1, -0.05) is 49.6 Å². The number of nitrogens with two attached hydrogens (primary N) is 1. The molecule has 1 fully saturated rings. The quantitative estimate of drug-likeness (QED) is 0.841. The minimum Gasteiger partial charge on any atom is -0.391 e. The summed E-state index contributed by atoms with van der Waals surface area (Å²) in [5.41, 5.74) is 7.31. The van der Waals surface area contributed by atoms with Crippen LogP contribution in [0, 0.1) is 0 Å². The van der Waals surface area contributed by atoms with Crippen LogP contribution in [0.1, 0.15) is 37.7 Å². The summed E-state index contributed by atoms with van der Waals surface area (Å²) < 4.78 is 0. The standard InChI is InChI=1S/C16H25NOS/c17-15(11-13-7-3-1-4-8-13)16(18)12-19-14-9-5-2-6-10-14/h1,3-4,7-8,14-16,18H,2,5-6,9-12,17H2. The van der Waals surface area contributed by atoms with Crippen LogP contribution in [0.5, 0.6) is 0 Å². The van der Waals surface area contributed by atoms with Crippen LogP contribution < -0.4 is 5.73 Å². The molecule has 0 aromatic heterocycles. The van der Waals surface area contributed by atoms with Gasteiger partial charge in [0.1, 0.15) is 0 Å². The molecule has 0 radical (unpaired) electrons. The van der Waals surface area contributed by atoms with Crippen molar-refractivity contribution in [3.63, 3.8) is 0 Å². The Morgan fingerprint density at radius 2 is 1.84 bits per heavy atom. The minimum atomic E-state index is -0.396. The minimum absolute atomic E-state index is 0.154. The van der Waals surface area contributed by atoms with Crippen molar-refractivity contribution in [1.29, 1.82) is 0 Å². The van der Waals surface area contributed by atoms with Gasteiger partial charge in [-0.3, -0.25) is 0 Å². The zero-order chi connectivity index (χ0) is 13.5. The molecule has 0 amide bonds. The first-order chi connectivity index (χ1) is 9.25. The number of aliphatic hydroxyl groups excluding tert-OH is 1. The van der Waals surface area contributed by atoms with E-state index in [1.54, 1.807) is 0 Å². The predicted molar refractivity (Wildman–Crippen MR) is 83.5 cm³/mol. The lowest BCUT2D eigenvalue weighted by Crippen LogP contribution is -2.38. The summed E-state index contributed by atoms with van der Waals surface area (Å²) in [6.45, 7) is 0. The molecular formula is C16H25NOS. The zero-order valence-electron chi connectivity index (χ0n) is 11.5. The monoisotopic (exact) mass is 279 g/mol. The van der Waals surface area contributed by atoms with E-state index in [2.05, 4.69) is 12.1 Å². The van der Waals surface area contributed by atoms with Crippen molar-refractivity contribution in [2.45, 2.75) is 55.9 Å². The molecule has 0 saturated heterocycles. The lowest BCUT2D eigenvalue weighted by atomic mass is 10.0. The summed E-state index contributed by atoms with van der Waals surface area (Å²) in [6, 6.07) is 10.0. The van der Waals surface area contributed by atoms with Crippen molar-refractivity contribution in [1.82, 2.24) is 0 Å². The van der Waals surface area contributed by atoms with Gasteiger partial charge < -0.3 is 10.8 Å². The predicted octanol–water partition coefficient (Wildman–Crippen LogP) is 2.98. The first kappa shape index (κ1) is 14.9. The average Bonchev–Trinajstić information content (AvgIpc) is 2.47. The third-order valence-corrected chi connectivity index (χ3v) is 5.34. The topological polar surface area (TPSA) is 46.2 Å². The van der Waals surface area contributed by atoms with Crippen LogP contribution in [-0.2, 0) is 6.42 Å². The Kier molecular flexibility index (Phi) is 6.21. The summed E-state index contributed by atoms with van der Waals surface area (Å²) >= 11 is 1.91. The number of thioether (sulfide) groups is 1. The highest BCUT2D eigenvalue weighted by atomic mass is 32.2. The third-order valence-electron chi connectivity index (χ3n) is 3.86. The molecule has 1 aromatic rings. The zero-order valence-corrected chi connectivity index (χ0v) is 12.3. The van der Waals surface area contributed by atoms with Crippen molar-refractivity contribution in [3.8, 4) is 0 Å². The lowest BCUT2D eigenvalue weighted by Gasteiger charge is -2.24. The smallest absolute Gasteiger partial charge is 0.0784 e. The highest BCUT2D eigenvalue weighted by molar-refractivity contribution is 7.99. The van der Waals surface area contributed by atoms with Gasteiger partial charge in [-0.15, -0.1) is 0 Å². The molecular weight excluding hydrogens is 254 g/mol. The first-order valence-corrected chi connectivity index (χ1v) is 8.40. The van der Waals surface area contributed by atoms with Crippen LogP contribution in [-0.4, -0.2) is 28.3 Å². The molecule has 2 nitrogen and oxygen atoms in total. The Balaban J connectivity index is 1.71. The number of rotatable bonds is 6. The molecule has 0 aliphatic heterocycles. The van der Waals surface area contributed by atoms with Crippen molar-refractivity contribution in [3.05, 3.63) is 35.9 Å². The summed E-state index contributed by atoms with van der Waals surface area (Å²) in [4.78, 5) is 0. The molecule has 2 rings (SSSR count). The van der Waals surface area contributed by atoms with Gasteiger partial charge in [0.05, 0.1) is 6.10 Å². The Morgan fingerprint density at radius 1 is 1.16 bits per heavy atom. The summed E-state index contributed by atoms with van der Waals surface area (Å²) in [5.74, 6) is 0.776. The number of hydrogen-bond donors (Lipinski definition) is 2. The van der Waals surface area contributed by atoms with Crippen LogP contribution in [0.4, 0.5) is 0 Å². The van der Waals surface area contributed by atoms with Crippen LogP contribution in [0.2, 0.25) is 0 Å². The van der Waals surface area contributed by atoms with Crippen LogP contribution in [0.3, 0.4) is 0 Å². The Morgan fingerprint density at radius 3 is 2.53 bits per heavy atom. The average molecular weight is 279 g/mol. The third kappa shape index (κ3) is 5.17. The van der Waals surface area contributed by atoms with E-state index in [-0.39, 0.29) is 6.04 Å². The number of aliphatic hydroxyl groups is 1. The molecule has 1 saturated carbocycles. The molecule has 1 aromatic carbocycles. The van der Waals surface area contributed by atoms with E-state index < -0.39 is 6.10 Å². The van der Waals surface area contributed by atoms with E-state index >= 15 is 0 Å². The molecule has 3 heteroatoms. The van der Waals surface area contributed by atoms with Gasteiger partial charge in [0.2, 0.25) is 0 Å². The molecule has 106 valence electrons. The Hall–Kier alpha value is -0.510. The van der Waals surface area contributed by atoms with Crippen molar-refractivity contribution < 1.29 is 5.11 Å². The van der Waals surface area contributed by atoms with Gasteiger partial charge in [-0.25, -0.2) is 0 Å². The van der Waals surface area contributed by atoms with Crippen LogP contribution in [0.25, 0.3) is 0 Å². The van der Waals surface area contributed by atoms with E-state index in [4.69, 9.17) is 5.73 Å². The van der Waals surface area contributed by atoms with Gasteiger partial charge in [0.25, 0.3) is 0 Å². The number of benzene rings is 1. The van der Waals surface area contributed by atoms with Crippen LogP contribution in [0.15, 0.2) is 30.3 Å². The van der Waals surface area contributed by atoms with Crippen molar-refractivity contribution in [2.75, 3.05) is 5.75 Å². The molecule has 0 heterocycles. The van der Waals surface area contributed by atoms with E-state index in [1.165, 1.54) is 37.7 Å². The summed E-state index contributed by atoms with van der Waals surface area (Å²) in [7, 11) is 0. The normalized spacial score (nSPS) is 20.1. The molecule has 0 bridgehead atoms. The van der Waals surface area contributed by atoms with Crippen molar-refractivity contribution in [2.24, 2.45) is 5.73 Å². The second-order valence-electron chi connectivity index (χ2n) is 5.51. The highest BCUT2D eigenvalue weighted by Gasteiger charge is 2.19. The van der Waals surface area contributed by atoms with Gasteiger partial charge in [-0.2, -0.15) is 11.8 Å². The molecule has 1 aliphatic carbocycles. The van der Waals surface area contributed by atoms with Gasteiger partial charge in [-0.05, 0) is 24.8 Å². The van der Waals surface area contributed by atoms with Gasteiger partial charge in [0, 0.05) is 17.0 Å². The molecule has 0 spiro atoms. The molecule has 2 atom stereocenters. The number of hydrogen-bond acceptors (Lipinski definition) is 3. The van der Waals surface area contributed by atoms with Gasteiger partial charge >= 0.3 is 0 Å². The van der Waals surface area contributed by atoms with Crippen LogP contribution >= 0.6 is 11.8 Å². The maximum Gasteiger partial charge on any atom is 0.0784 e. The maximum absolute atomic E-state index is 10.2. The molecule has 3 N–H and O–H groups in total. The summed E-state index contributed by atoms with van der Waals surface area (Å²) in [5, 5.41) is 10.9. The fourth-order valence-electron chi connectivity index (χ4n) is 2.61. The van der Waals surface area contributed by atoms with Gasteiger partial charge in [0.15, 0.2) is 0 Å². The van der Waals surface area contributed by atoms with E-state index in [9.17, 15) is 5.11 Å². The second kappa shape index (κ2) is 7.93. The van der Waals surface area contributed by atoms with Crippen molar-refractivity contribution >= 4 is 11.8 Å². The molecule has 2 unspecified atom stereocenters. The summed E-state index contributed by atoms with van der Waals surface area (Å²) in [6.07, 6.45) is 7.07. The highest BCUT2D eigenvalue weighted by Crippen LogP contribution is 2.28. The fraction of sp³-hybridized carbons (Fsp3) is 0.625. The Bertz CT molecular complexity index is 351. The SMILES string of the molecule is NC(Cc1ccccc1)C(O)CSC1CCCCC1. The van der Waals surface area contributed by atoms with E-state index in [1.807, 2.05) is 30.0 Å². The molecule has 1 aliphatic rings. The van der Waals surface area contributed by atoms with E-state index in [0.29, 0.717) is 0 Å². The fourth-order valence-corrected chi connectivity index (χ4v) is 4.00. The Labute approximate surface area is 120 Å². The first-order valence-electron chi connectivity index (χ1n) is 7.35. The second-order valence-corrected chi connectivity index (χ2v) is 6.85.